The van der Waals surface area contributed by atoms with Gasteiger partial charge in [-0.25, -0.2) is 0 Å². The quantitative estimate of drug-likeness (QED) is 0.728. The number of aryl methyl sites for hydroxylation is 1. The van der Waals surface area contributed by atoms with Gasteiger partial charge in [0.1, 0.15) is 5.69 Å². The van der Waals surface area contributed by atoms with Crippen molar-refractivity contribution in [3.63, 3.8) is 0 Å². The minimum atomic E-state index is -0.0263. The molecule has 98 valence electrons. The number of methoxy groups -OCH3 is 1. The van der Waals surface area contributed by atoms with Crippen LogP contribution in [0.5, 0.6) is 0 Å². The summed E-state index contributed by atoms with van der Waals surface area (Å²) in [4.78, 5) is 17.9. The lowest BCUT2D eigenvalue weighted by molar-refractivity contribution is -0.0556. The third-order valence-corrected chi connectivity index (χ3v) is 2.91. The van der Waals surface area contributed by atoms with Gasteiger partial charge in [-0.05, 0) is 18.6 Å². The Balaban J connectivity index is 1.78. The van der Waals surface area contributed by atoms with E-state index in [0.717, 1.165) is 5.56 Å². The van der Waals surface area contributed by atoms with E-state index in [1.54, 1.807) is 24.3 Å². The third-order valence-electron chi connectivity index (χ3n) is 2.91. The molecular weight excluding hydrogens is 232 g/mol. The topological polar surface area (TPSA) is 51.7 Å². The Hall–Kier alpha value is -1.46. The highest BCUT2D eigenvalue weighted by Gasteiger charge is 2.32. The van der Waals surface area contributed by atoms with Gasteiger partial charge in [0.25, 0.3) is 5.91 Å². The van der Waals surface area contributed by atoms with Gasteiger partial charge in [-0.3, -0.25) is 9.78 Å². The van der Waals surface area contributed by atoms with Gasteiger partial charge in [-0.1, -0.05) is 6.07 Å². The molecule has 0 spiro atoms. The molecule has 1 aromatic rings. The fraction of sp³-hybridized carbons (Fsp3) is 0.538. The van der Waals surface area contributed by atoms with Crippen molar-refractivity contribution >= 4 is 5.91 Å². The minimum Gasteiger partial charge on any atom is -0.382 e. The molecule has 5 heteroatoms. The summed E-state index contributed by atoms with van der Waals surface area (Å²) in [5, 5.41) is 0. The Bertz CT molecular complexity index is 399. The maximum atomic E-state index is 12.0. The van der Waals surface area contributed by atoms with E-state index in [0.29, 0.717) is 32.0 Å². The fourth-order valence-corrected chi connectivity index (χ4v) is 1.76. The Morgan fingerprint density at radius 2 is 2.22 bits per heavy atom. The van der Waals surface area contributed by atoms with Crippen LogP contribution in [-0.2, 0) is 9.47 Å². The summed E-state index contributed by atoms with van der Waals surface area (Å²) >= 11 is 0. The zero-order valence-electron chi connectivity index (χ0n) is 10.8. The van der Waals surface area contributed by atoms with E-state index in [1.807, 2.05) is 13.0 Å². The monoisotopic (exact) mass is 250 g/mol. The lowest BCUT2D eigenvalue weighted by atomic mass is 10.1. The van der Waals surface area contributed by atoms with E-state index < -0.39 is 0 Å². The van der Waals surface area contributed by atoms with Gasteiger partial charge in [0.05, 0.1) is 19.3 Å². The summed E-state index contributed by atoms with van der Waals surface area (Å²) in [6.07, 6.45) is 1.84. The van der Waals surface area contributed by atoms with Crippen LogP contribution in [0.1, 0.15) is 16.1 Å². The molecule has 0 aliphatic carbocycles. The first-order chi connectivity index (χ1) is 8.70. The molecule has 0 unspecified atom stereocenters. The van der Waals surface area contributed by atoms with Crippen molar-refractivity contribution in [3.8, 4) is 0 Å². The van der Waals surface area contributed by atoms with Crippen molar-refractivity contribution in [2.45, 2.75) is 13.0 Å². The van der Waals surface area contributed by atoms with Crippen LogP contribution in [0.3, 0.4) is 0 Å². The Morgan fingerprint density at radius 3 is 2.83 bits per heavy atom. The summed E-state index contributed by atoms with van der Waals surface area (Å²) in [7, 11) is 1.64. The highest BCUT2D eigenvalue weighted by atomic mass is 16.5. The SMILES string of the molecule is COCCOC1CN(C(=O)c2ccc(C)cn2)C1. The average molecular weight is 250 g/mol. The van der Waals surface area contributed by atoms with Gasteiger partial charge < -0.3 is 14.4 Å². The van der Waals surface area contributed by atoms with E-state index in [1.165, 1.54) is 0 Å². The van der Waals surface area contributed by atoms with Crippen molar-refractivity contribution < 1.29 is 14.3 Å². The maximum Gasteiger partial charge on any atom is 0.272 e. The smallest absolute Gasteiger partial charge is 0.272 e. The third kappa shape index (κ3) is 3.05. The molecule has 1 fully saturated rings. The molecule has 0 bridgehead atoms. The lowest BCUT2D eigenvalue weighted by Gasteiger charge is -2.38. The van der Waals surface area contributed by atoms with Gasteiger partial charge in [0.15, 0.2) is 0 Å². The van der Waals surface area contributed by atoms with Crippen molar-refractivity contribution in [1.29, 1.82) is 0 Å². The molecule has 0 atom stereocenters. The molecule has 1 aromatic heterocycles. The Kier molecular flexibility index (Phi) is 4.28. The fourth-order valence-electron chi connectivity index (χ4n) is 1.76. The van der Waals surface area contributed by atoms with Crippen LogP contribution < -0.4 is 0 Å². The molecule has 1 amide bonds. The minimum absolute atomic E-state index is 0.0263. The van der Waals surface area contributed by atoms with Crippen LogP contribution in [0.25, 0.3) is 0 Å². The highest BCUT2D eigenvalue weighted by Crippen LogP contribution is 2.15. The molecule has 18 heavy (non-hydrogen) atoms. The molecule has 5 nitrogen and oxygen atoms in total. The van der Waals surface area contributed by atoms with Crippen LogP contribution in [-0.4, -0.2) is 55.3 Å². The van der Waals surface area contributed by atoms with Crippen LogP contribution >= 0.6 is 0 Å². The zero-order chi connectivity index (χ0) is 13.0. The largest absolute Gasteiger partial charge is 0.382 e. The Morgan fingerprint density at radius 1 is 1.44 bits per heavy atom. The Labute approximate surface area is 107 Å². The molecule has 0 aromatic carbocycles. The zero-order valence-corrected chi connectivity index (χ0v) is 10.8. The predicted molar refractivity (Wildman–Crippen MR) is 66.5 cm³/mol. The molecular formula is C13H18N2O3. The number of rotatable bonds is 5. The number of pyridine rings is 1. The van der Waals surface area contributed by atoms with E-state index in [-0.39, 0.29) is 12.0 Å². The van der Waals surface area contributed by atoms with Gasteiger partial charge in [0, 0.05) is 26.4 Å². The molecule has 2 rings (SSSR count). The van der Waals surface area contributed by atoms with E-state index in [9.17, 15) is 4.79 Å². The number of amides is 1. The molecule has 0 radical (unpaired) electrons. The predicted octanol–water partition coefficient (Wildman–Crippen LogP) is 0.877. The first-order valence-corrected chi connectivity index (χ1v) is 6.03. The number of carbonyl (C=O) groups excluding carboxylic acids is 1. The van der Waals surface area contributed by atoms with Crippen LogP contribution in [0.4, 0.5) is 0 Å². The van der Waals surface area contributed by atoms with Crippen LogP contribution in [0.15, 0.2) is 18.3 Å². The van der Waals surface area contributed by atoms with Crippen molar-refractivity contribution in [3.05, 3.63) is 29.6 Å². The second-order valence-electron chi connectivity index (χ2n) is 4.42. The van der Waals surface area contributed by atoms with E-state index in [2.05, 4.69) is 4.98 Å². The van der Waals surface area contributed by atoms with E-state index in [4.69, 9.17) is 9.47 Å². The standard InChI is InChI=1S/C13H18N2O3/c1-10-3-4-12(14-7-10)13(16)15-8-11(9-15)18-6-5-17-2/h3-4,7,11H,5-6,8-9H2,1-2H3. The van der Waals surface area contributed by atoms with E-state index >= 15 is 0 Å². The second-order valence-corrected chi connectivity index (χ2v) is 4.42. The van der Waals surface area contributed by atoms with Crippen LogP contribution in [0.2, 0.25) is 0 Å². The number of nitrogens with zero attached hydrogens (tertiary/aromatic N) is 2. The lowest BCUT2D eigenvalue weighted by Crippen LogP contribution is -2.55. The first kappa shape index (κ1) is 13.0. The van der Waals surface area contributed by atoms with Crippen molar-refractivity contribution in [1.82, 2.24) is 9.88 Å². The molecule has 0 saturated carbocycles. The molecule has 0 N–H and O–H groups in total. The molecule has 2 heterocycles. The average Bonchev–Trinajstić information content (AvgIpc) is 2.32. The molecule has 1 saturated heterocycles. The number of hydrogen-bond acceptors (Lipinski definition) is 4. The van der Waals surface area contributed by atoms with Gasteiger partial charge >= 0.3 is 0 Å². The van der Waals surface area contributed by atoms with Crippen molar-refractivity contribution in [2.75, 3.05) is 33.4 Å². The van der Waals surface area contributed by atoms with Crippen LogP contribution in [0, 0.1) is 6.92 Å². The summed E-state index contributed by atoms with van der Waals surface area (Å²) in [6.45, 7) is 4.39. The highest BCUT2D eigenvalue weighted by molar-refractivity contribution is 5.92. The van der Waals surface area contributed by atoms with Gasteiger partial charge in [-0.15, -0.1) is 0 Å². The normalized spacial score (nSPS) is 15.6. The summed E-state index contributed by atoms with van der Waals surface area (Å²) in [6, 6.07) is 3.66. The maximum absolute atomic E-state index is 12.0. The first-order valence-electron chi connectivity index (χ1n) is 6.03. The molecule has 1 aliphatic rings. The van der Waals surface area contributed by atoms with Gasteiger partial charge in [-0.2, -0.15) is 0 Å². The molecule has 1 aliphatic heterocycles. The second kappa shape index (κ2) is 5.93. The number of aromatic nitrogens is 1. The number of hydrogen-bond donors (Lipinski definition) is 0. The summed E-state index contributed by atoms with van der Waals surface area (Å²) in [5.74, 6) is -0.0263. The summed E-state index contributed by atoms with van der Waals surface area (Å²) in [5.41, 5.74) is 1.55. The van der Waals surface area contributed by atoms with Gasteiger partial charge in [0.2, 0.25) is 0 Å². The summed E-state index contributed by atoms with van der Waals surface area (Å²) < 4.78 is 10.4. The number of likely N-dealkylation sites (tertiary alicyclic amines) is 1. The number of ether oxygens (including phenoxy) is 2. The number of carbonyl (C=O) groups is 1. The van der Waals surface area contributed by atoms with Crippen molar-refractivity contribution in [2.24, 2.45) is 0 Å².